The van der Waals surface area contributed by atoms with Gasteiger partial charge in [-0.05, 0) is 73.4 Å². The van der Waals surface area contributed by atoms with E-state index in [0.717, 1.165) is 68.5 Å². The summed E-state index contributed by atoms with van der Waals surface area (Å²) in [5.74, 6) is 1.70. The van der Waals surface area contributed by atoms with Crippen molar-refractivity contribution in [2.45, 2.75) is 55.4 Å². The smallest absolute Gasteiger partial charge is 0.303 e. The maximum absolute atomic E-state index is 11.6. The molecule has 0 aliphatic rings. The number of aliphatic carboxylic acids is 1. The maximum Gasteiger partial charge on any atom is 0.303 e. The molecule has 3 aromatic carbocycles. The van der Waals surface area contributed by atoms with Crippen LogP contribution in [-0.4, -0.2) is 36.5 Å². The normalized spacial score (nSPS) is 11.0. The number of aromatic nitrogens is 1. The number of carbonyl (C=O) groups is 1. The molecule has 0 aliphatic carbocycles. The van der Waals surface area contributed by atoms with Crippen LogP contribution in [0.5, 0.6) is 17.2 Å². The summed E-state index contributed by atoms with van der Waals surface area (Å²) in [7, 11) is 3.34. The molecule has 0 atom stereocenters. The molecule has 0 saturated carbocycles. The van der Waals surface area contributed by atoms with Gasteiger partial charge in [-0.15, -0.1) is 0 Å². The van der Waals surface area contributed by atoms with E-state index in [-0.39, 0.29) is 6.42 Å². The Morgan fingerprint density at radius 3 is 2.39 bits per heavy atom. The largest absolute Gasteiger partial charge is 0.497 e. The zero-order valence-corrected chi connectivity index (χ0v) is 23.1. The van der Waals surface area contributed by atoms with Crippen LogP contribution in [0.3, 0.4) is 0 Å². The first-order valence-corrected chi connectivity index (χ1v) is 13.8. The number of carboxylic acids is 1. The molecule has 0 saturated heterocycles. The van der Waals surface area contributed by atoms with Gasteiger partial charge in [0.05, 0.1) is 27.2 Å². The lowest BCUT2D eigenvalue weighted by Crippen LogP contribution is -2.10. The molecule has 0 unspecified atom stereocenters. The van der Waals surface area contributed by atoms with Crippen LogP contribution in [0.25, 0.3) is 10.9 Å². The van der Waals surface area contributed by atoms with Gasteiger partial charge >= 0.3 is 5.97 Å². The molecule has 0 fully saturated rings. The van der Waals surface area contributed by atoms with Gasteiger partial charge in [0.1, 0.15) is 17.2 Å². The van der Waals surface area contributed by atoms with Gasteiger partial charge in [-0.3, -0.25) is 4.79 Å². The van der Waals surface area contributed by atoms with Crippen molar-refractivity contribution in [2.24, 2.45) is 0 Å². The van der Waals surface area contributed by atoms with Gasteiger partial charge in [-0.2, -0.15) is 0 Å². The van der Waals surface area contributed by atoms with Gasteiger partial charge in [0.2, 0.25) is 0 Å². The first kappa shape index (κ1) is 27.5. The summed E-state index contributed by atoms with van der Waals surface area (Å²) in [5, 5.41) is 10.6. The number of nitrogens with zero attached hydrogens (tertiary/aromatic N) is 1. The number of carboxylic acid groups (broad SMARTS) is 1. The molecule has 38 heavy (non-hydrogen) atoms. The Balaban J connectivity index is 1.62. The molecule has 0 radical (unpaired) electrons. The van der Waals surface area contributed by atoms with E-state index in [4.69, 9.17) is 14.2 Å². The minimum Gasteiger partial charge on any atom is -0.497 e. The Morgan fingerprint density at radius 1 is 0.947 bits per heavy atom. The monoisotopic (exact) mass is 533 g/mol. The van der Waals surface area contributed by atoms with Crippen LogP contribution in [0.15, 0.2) is 76.5 Å². The number of methoxy groups -OCH3 is 2. The summed E-state index contributed by atoms with van der Waals surface area (Å²) in [6.45, 7) is 3.42. The van der Waals surface area contributed by atoms with E-state index in [1.165, 1.54) is 0 Å². The number of rotatable bonds is 14. The second kappa shape index (κ2) is 13.3. The van der Waals surface area contributed by atoms with E-state index in [1.54, 1.807) is 26.0 Å². The van der Waals surface area contributed by atoms with E-state index in [0.29, 0.717) is 19.6 Å². The van der Waals surface area contributed by atoms with Gasteiger partial charge in [-0.1, -0.05) is 43.3 Å². The molecule has 7 heteroatoms. The third-order valence-corrected chi connectivity index (χ3v) is 7.60. The molecule has 4 rings (SSSR count). The topological polar surface area (TPSA) is 69.9 Å². The van der Waals surface area contributed by atoms with Crippen molar-refractivity contribution in [1.29, 1.82) is 0 Å². The fraction of sp³-hybridized carbons (Fsp3) is 0.323. The van der Waals surface area contributed by atoms with Gasteiger partial charge in [0.15, 0.2) is 0 Å². The molecule has 1 aromatic heterocycles. The third kappa shape index (κ3) is 6.64. The van der Waals surface area contributed by atoms with Crippen LogP contribution >= 0.6 is 11.8 Å². The molecule has 200 valence electrons. The highest BCUT2D eigenvalue weighted by atomic mass is 32.2. The molecule has 6 nitrogen and oxygen atoms in total. The average Bonchev–Trinajstić information content (AvgIpc) is 3.22. The number of aryl methyl sites for hydroxylation is 2. The van der Waals surface area contributed by atoms with Gasteiger partial charge < -0.3 is 23.9 Å². The Hall–Kier alpha value is -3.58. The van der Waals surface area contributed by atoms with Crippen LogP contribution in [0.4, 0.5) is 0 Å². The summed E-state index contributed by atoms with van der Waals surface area (Å²) < 4.78 is 19.4. The van der Waals surface area contributed by atoms with E-state index in [9.17, 15) is 9.90 Å². The molecule has 0 amide bonds. The highest BCUT2D eigenvalue weighted by Gasteiger charge is 2.20. The molecule has 1 N–H and O–H groups in total. The lowest BCUT2D eigenvalue weighted by atomic mass is 10.1. The predicted octanol–water partition coefficient (Wildman–Crippen LogP) is 7.25. The van der Waals surface area contributed by atoms with Crippen molar-refractivity contribution in [3.63, 3.8) is 0 Å². The number of ether oxygens (including phenoxy) is 3. The lowest BCUT2D eigenvalue weighted by molar-refractivity contribution is -0.137. The second-order valence-corrected chi connectivity index (χ2v) is 10.1. The molecule has 0 aliphatic heterocycles. The molecular formula is C31H35NO5S. The summed E-state index contributed by atoms with van der Waals surface area (Å²) in [6.07, 6.45) is 3.25. The first-order valence-electron chi connectivity index (χ1n) is 13.0. The summed E-state index contributed by atoms with van der Waals surface area (Å²) in [5.41, 5.74) is 3.25. The van der Waals surface area contributed by atoms with E-state index in [1.807, 2.05) is 48.5 Å². The Morgan fingerprint density at radius 2 is 1.68 bits per heavy atom. The summed E-state index contributed by atoms with van der Waals surface area (Å²) in [4.78, 5) is 13.7. The van der Waals surface area contributed by atoms with Crippen molar-refractivity contribution in [3.8, 4) is 17.2 Å². The minimum absolute atomic E-state index is 0.0680. The zero-order valence-electron chi connectivity index (χ0n) is 22.2. The van der Waals surface area contributed by atoms with Crippen molar-refractivity contribution in [1.82, 2.24) is 4.57 Å². The van der Waals surface area contributed by atoms with Crippen molar-refractivity contribution >= 4 is 28.6 Å². The number of benzene rings is 3. The van der Waals surface area contributed by atoms with E-state index in [2.05, 4.69) is 29.7 Å². The van der Waals surface area contributed by atoms with Crippen LogP contribution in [-0.2, 0) is 24.2 Å². The van der Waals surface area contributed by atoms with Crippen LogP contribution in [0.1, 0.15) is 37.4 Å². The molecule has 0 bridgehead atoms. The van der Waals surface area contributed by atoms with Crippen molar-refractivity contribution in [2.75, 3.05) is 20.8 Å². The Labute approximate surface area is 228 Å². The van der Waals surface area contributed by atoms with Gasteiger partial charge in [0.25, 0.3) is 0 Å². The fourth-order valence-electron chi connectivity index (χ4n) is 4.63. The minimum atomic E-state index is -0.804. The number of fused-ring (bicyclic) bond motifs is 1. The molecule has 0 spiro atoms. The molecule has 1 heterocycles. The predicted molar refractivity (Wildman–Crippen MR) is 152 cm³/mol. The summed E-state index contributed by atoms with van der Waals surface area (Å²) in [6, 6.07) is 22.2. The standard InChI is InChI=1S/C31H35NO5S/c1-4-9-22-20-23(35-2)13-16-29(22)37-19-8-18-32-27-14-12-24(36-3)21-26(27)31(28(32)15-17-30(33)34)38-25-10-6-5-7-11-25/h5-7,10-14,16,20-21H,4,8-9,15,17-19H2,1-3H3,(H,33,34). The molecular weight excluding hydrogens is 498 g/mol. The van der Waals surface area contributed by atoms with Crippen LogP contribution in [0, 0.1) is 0 Å². The van der Waals surface area contributed by atoms with Crippen molar-refractivity contribution < 1.29 is 24.1 Å². The lowest BCUT2D eigenvalue weighted by Gasteiger charge is -2.15. The van der Waals surface area contributed by atoms with Gasteiger partial charge in [0, 0.05) is 32.9 Å². The third-order valence-electron chi connectivity index (χ3n) is 6.44. The Bertz CT molecular complexity index is 1370. The average molecular weight is 534 g/mol. The van der Waals surface area contributed by atoms with Gasteiger partial charge in [-0.25, -0.2) is 0 Å². The van der Waals surface area contributed by atoms with E-state index < -0.39 is 5.97 Å². The maximum atomic E-state index is 11.6. The first-order chi connectivity index (χ1) is 18.5. The summed E-state index contributed by atoms with van der Waals surface area (Å²) >= 11 is 1.67. The quantitative estimate of drug-likeness (QED) is 0.172. The number of hydrogen-bond acceptors (Lipinski definition) is 5. The zero-order chi connectivity index (χ0) is 26.9. The highest BCUT2D eigenvalue weighted by molar-refractivity contribution is 7.99. The van der Waals surface area contributed by atoms with Crippen molar-refractivity contribution in [3.05, 3.63) is 78.0 Å². The number of hydrogen-bond donors (Lipinski definition) is 1. The second-order valence-electron chi connectivity index (χ2n) is 9.05. The van der Waals surface area contributed by atoms with E-state index >= 15 is 0 Å². The highest BCUT2D eigenvalue weighted by Crippen LogP contribution is 2.40. The van der Waals surface area contributed by atoms with Crippen LogP contribution < -0.4 is 14.2 Å². The van der Waals surface area contributed by atoms with Crippen LogP contribution in [0.2, 0.25) is 0 Å². The Kier molecular flexibility index (Phi) is 9.60. The molecule has 4 aromatic rings. The fourth-order valence-corrected chi connectivity index (χ4v) is 5.76. The SMILES string of the molecule is CCCc1cc(OC)ccc1OCCCn1c(CCC(=O)O)c(Sc2ccccc2)c2cc(OC)ccc21.